The molecule has 1 amide bonds. The van der Waals surface area contributed by atoms with Crippen LogP contribution in [0.15, 0.2) is 24.3 Å². The SMILES string of the molecule is COc1ccc([C@@H]2[C@H](N)C(=O)N2C)cc1. The van der Waals surface area contributed by atoms with Gasteiger partial charge in [0.1, 0.15) is 11.8 Å². The van der Waals surface area contributed by atoms with Crippen LogP contribution in [0, 0.1) is 0 Å². The molecule has 1 fully saturated rings. The summed E-state index contributed by atoms with van der Waals surface area (Å²) in [5, 5.41) is 0. The number of hydrogen-bond acceptors (Lipinski definition) is 3. The molecule has 2 atom stereocenters. The highest BCUT2D eigenvalue weighted by Crippen LogP contribution is 2.32. The van der Waals surface area contributed by atoms with Gasteiger partial charge >= 0.3 is 0 Å². The minimum atomic E-state index is -0.400. The molecule has 0 unspecified atom stereocenters. The normalized spacial score (nSPS) is 25.0. The fraction of sp³-hybridized carbons (Fsp3) is 0.364. The van der Waals surface area contributed by atoms with Crippen molar-refractivity contribution < 1.29 is 9.53 Å². The molecular formula is C11H14N2O2. The van der Waals surface area contributed by atoms with Gasteiger partial charge in [-0.25, -0.2) is 0 Å². The first-order chi connectivity index (χ1) is 7.15. The van der Waals surface area contributed by atoms with E-state index in [0.717, 1.165) is 11.3 Å². The Morgan fingerprint density at radius 1 is 1.33 bits per heavy atom. The summed E-state index contributed by atoms with van der Waals surface area (Å²) >= 11 is 0. The zero-order chi connectivity index (χ0) is 11.0. The van der Waals surface area contributed by atoms with E-state index in [1.807, 2.05) is 24.3 Å². The van der Waals surface area contributed by atoms with E-state index >= 15 is 0 Å². The van der Waals surface area contributed by atoms with E-state index < -0.39 is 6.04 Å². The molecule has 2 N–H and O–H groups in total. The summed E-state index contributed by atoms with van der Waals surface area (Å²) in [7, 11) is 3.39. The van der Waals surface area contributed by atoms with Crippen molar-refractivity contribution in [3.8, 4) is 5.75 Å². The van der Waals surface area contributed by atoms with Crippen LogP contribution in [0.1, 0.15) is 11.6 Å². The lowest BCUT2D eigenvalue weighted by Crippen LogP contribution is -2.61. The van der Waals surface area contributed by atoms with Crippen LogP contribution in [-0.4, -0.2) is 31.0 Å². The summed E-state index contributed by atoms with van der Waals surface area (Å²) in [5.41, 5.74) is 6.78. The quantitative estimate of drug-likeness (QED) is 0.718. The summed E-state index contributed by atoms with van der Waals surface area (Å²) in [5.74, 6) is 0.802. The molecule has 80 valence electrons. The number of carbonyl (C=O) groups is 1. The number of β-lactam (4-membered cyclic amide) rings is 1. The number of benzene rings is 1. The highest BCUT2D eigenvalue weighted by molar-refractivity contribution is 5.89. The summed E-state index contributed by atoms with van der Waals surface area (Å²) in [4.78, 5) is 12.9. The second-order valence-electron chi connectivity index (χ2n) is 3.69. The van der Waals surface area contributed by atoms with Gasteiger partial charge in [0.15, 0.2) is 0 Å². The lowest BCUT2D eigenvalue weighted by Gasteiger charge is -2.43. The van der Waals surface area contributed by atoms with Crippen LogP contribution in [-0.2, 0) is 4.79 Å². The molecule has 1 aliphatic rings. The number of nitrogens with zero attached hydrogens (tertiary/aromatic N) is 1. The van der Waals surface area contributed by atoms with Gasteiger partial charge in [-0.2, -0.15) is 0 Å². The van der Waals surface area contributed by atoms with Crippen molar-refractivity contribution in [2.45, 2.75) is 12.1 Å². The van der Waals surface area contributed by atoms with Crippen LogP contribution in [0.4, 0.5) is 0 Å². The number of likely N-dealkylation sites (tertiary alicyclic amines) is 1. The van der Waals surface area contributed by atoms with E-state index in [9.17, 15) is 4.79 Å². The van der Waals surface area contributed by atoms with Crippen molar-refractivity contribution in [1.29, 1.82) is 0 Å². The van der Waals surface area contributed by atoms with Gasteiger partial charge in [-0.3, -0.25) is 4.79 Å². The van der Waals surface area contributed by atoms with Gasteiger partial charge in [0.2, 0.25) is 5.91 Å². The van der Waals surface area contributed by atoms with Crippen molar-refractivity contribution in [3.63, 3.8) is 0 Å². The maximum Gasteiger partial charge on any atom is 0.242 e. The van der Waals surface area contributed by atoms with Gasteiger partial charge in [-0.05, 0) is 17.7 Å². The first-order valence-corrected chi connectivity index (χ1v) is 4.81. The first kappa shape index (κ1) is 9.98. The Kier molecular flexibility index (Phi) is 2.36. The predicted molar refractivity (Wildman–Crippen MR) is 56.5 cm³/mol. The molecule has 2 rings (SSSR count). The number of carbonyl (C=O) groups excluding carboxylic acids is 1. The molecule has 0 saturated carbocycles. The van der Waals surface area contributed by atoms with Crippen LogP contribution in [0.3, 0.4) is 0 Å². The largest absolute Gasteiger partial charge is 0.497 e. The highest BCUT2D eigenvalue weighted by Gasteiger charge is 2.42. The Morgan fingerprint density at radius 2 is 1.93 bits per heavy atom. The number of ether oxygens (including phenoxy) is 1. The summed E-state index contributed by atoms with van der Waals surface area (Å²) in [6.07, 6.45) is 0. The van der Waals surface area contributed by atoms with Crippen LogP contribution in [0.2, 0.25) is 0 Å². The fourth-order valence-corrected chi connectivity index (χ4v) is 1.90. The van der Waals surface area contributed by atoms with Crippen LogP contribution in [0.25, 0.3) is 0 Å². The number of likely N-dealkylation sites (N-methyl/N-ethyl adjacent to an activating group) is 1. The predicted octanol–water partition coefficient (Wildman–Crippen LogP) is 0.536. The van der Waals surface area contributed by atoms with Crippen LogP contribution < -0.4 is 10.5 Å². The number of rotatable bonds is 2. The molecule has 0 bridgehead atoms. The monoisotopic (exact) mass is 206 g/mol. The van der Waals surface area contributed by atoms with Crippen molar-refractivity contribution in [2.24, 2.45) is 5.73 Å². The van der Waals surface area contributed by atoms with Gasteiger partial charge in [-0.15, -0.1) is 0 Å². The number of hydrogen-bond donors (Lipinski definition) is 1. The summed E-state index contributed by atoms with van der Waals surface area (Å²) in [6.45, 7) is 0. The molecular weight excluding hydrogens is 192 g/mol. The Morgan fingerprint density at radius 3 is 2.40 bits per heavy atom. The van der Waals surface area contributed by atoms with Crippen molar-refractivity contribution >= 4 is 5.91 Å². The Balaban J connectivity index is 2.20. The minimum Gasteiger partial charge on any atom is -0.497 e. The molecule has 0 spiro atoms. The third-order valence-corrected chi connectivity index (χ3v) is 2.85. The van der Waals surface area contributed by atoms with E-state index in [0.29, 0.717) is 0 Å². The van der Waals surface area contributed by atoms with Gasteiger partial charge in [0, 0.05) is 7.05 Å². The van der Waals surface area contributed by atoms with Crippen LogP contribution in [0.5, 0.6) is 5.75 Å². The molecule has 0 aliphatic carbocycles. The smallest absolute Gasteiger partial charge is 0.242 e. The Labute approximate surface area is 88.6 Å². The zero-order valence-corrected chi connectivity index (χ0v) is 8.81. The highest BCUT2D eigenvalue weighted by atomic mass is 16.5. The lowest BCUT2D eigenvalue weighted by atomic mass is 9.90. The maximum absolute atomic E-state index is 11.2. The number of nitrogens with two attached hydrogens (primary N) is 1. The lowest BCUT2D eigenvalue weighted by molar-refractivity contribution is -0.146. The first-order valence-electron chi connectivity index (χ1n) is 4.81. The standard InChI is InChI=1S/C11H14N2O2/c1-13-10(9(12)11(13)14)7-3-5-8(15-2)6-4-7/h3-6,9-10H,12H2,1-2H3/t9-,10+/m0/s1. The second kappa shape index (κ2) is 3.55. The molecule has 1 aliphatic heterocycles. The molecule has 1 aromatic carbocycles. The van der Waals surface area contributed by atoms with E-state index in [1.54, 1.807) is 19.1 Å². The Hall–Kier alpha value is -1.55. The summed E-state index contributed by atoms with van der Waals surface area (Å²) < 4.78 is 5.06. The van der Waals surface area contributed by atoms with Gasteiger partial charge < -0.3 is 15.4 Å². The van der Waals surface area contributed by atoms with Gasteiger partial charge in [-0.1, -0.05) is 12.1 Å². The van der Waals surface area contributed by atoms with Crippen molar-refractivity contribution in [3.05, 3.63) is 29.8 Å². The molecule has 1 aromatic rings. The van der Waals surface area contributed by atoms with Crippen molar-refractivity contribution in [1.82, 2.24) is 4.90 Å². The van der Waals surface area contributed by atoms with E-state index in [4.69, 9.17) is 10.5 Å². The number of methoxy groups -OCH3 is 1. The van der Waals surface area contributed by atoms with E-state index in [-0.39, 0.29) is 11.9 Å². The van der Waals surface area contributed by atoms with E-state index in [2.05, 4.69) is 0 Å². The molecule has 1 heterocycles. The van der Waals surface area contributed by atoms with E-state index in [1.165, 1.54) is 0 Å². The van der Waals surface area contributed by atoms with Crippen LogP contribution >= 0.6 is 0 Å². The third kappa shape index (κ3) is 1.47. The molecule has 4 heteroatoms. The average Bonchev–Trinajstić information content (AvgIpc) is 2.30. The van der Waals surface area contributed by atoms with Crippen molar-refractivity contribution in [2.75, 3.05) is 14.2 Å². The summed E-state index contributed by atoms with van der Waals surface area (Å²) in [6, 6.07) is 7.22. The fourth-order valence-electron chi connectivity index (χ4n) is 1.90. The number of amides is 1. The molecule has 0 aromatic heterocycles. The average molecular weight is 206 g/mol. The van der Waals surface area contributed by atoms with Gasteiger partial charge in [0.05, 0.1) is 13.2 Å². The Bertz CT molecular complexity index is 363. The molecule has 0 radical (unpaired) electrons. The minimum absolute atomic E-state index is 0.00315. The van der Waals surface area contributed by atoms with Gasteiger partial charge in [0.25, 0.3) is 0 Å². The molecule has 4 nitrogen and oxygen atoms in total. The maximum atomic E-state index is 11.2. The second-order valence-corrected chi connectivity index (χ2v) is 3.69. The molecule has 1 saturated heterocycles. The topological polar surface area (TPSA) is 55.6 Å². The zero-order valence-electron chi connectivity index (χ0n) is 8.81. The third-order valence-electron chi connectivity index (χ3n) is 2.85. The molecule has 15 heavy (non-hydrogen) atoms.